The number of benzene rings is 1. The minimum atomic E-state index is 0.181. The van der Waals surface area contributed by atoms with Gasteiger partial charge in [0.1, 0.15) is 0 Å². The van der Waals surface area contributed by atoms with Crippen LogP contribution >= 0.6 is 38.9 Å². The highest BCUT2D eigenvalue weighted by Gasteiger charge is 2.14. The van der Waals surface area contributed by atoms with Crippen LogP contribution in [0.2, 0.25) is 5.02 Å². The fourth-order valence-corrected chi connectivity index (χ4v) is 4.20. The van der Waals surface area contributed by atoms with E-state index in [0.717, 1.165) is 15.8 Å². The molecule has 0 saturated carbocycles. The molecule has 0 aliphatic heterocycles. The second-order valence-electron chi connectivity index (χ2n) is 4.60. The average Bonchev–Trinajstić information content (AvgIpc) is 3.10. The Balaban J connectivity index is 1.96. The Morgan fingerprint density at radius 3 is 2.90 bits per heavy atom. The maximum absolute atomic E-state index is 6.37. The molecule has 3 rings (SSSR count). The van der Waals surface area contributed by atoms with Crippen LogP contribution in [0.1, 0.15) is 17.8 Å². The van der Waals surface area contributed by atoms with Crippen molar-refractivity contribution in [2.75, 3.05) is 5.32 Å². The zero-order chi connectivity index (χ0) is 14.8. The number of rotatable bonds is 4. The second-order valence-corrected chi connectivity index (χ2v) is 6.81. The molecule has 0 spiro atoms. The molecule has 0 aliphatic rings. The molecule has 0 aliphatic carbocycles. The van der Waals surface area contributed by atoms with Gasteiger partial charge in [0.25, 0.3) is 0 Å². The Morgan fingerprint density at radius 1 is 1.38 bits per heavy atom. The van der Waals surface area contributed by atoms with Gasteiger partial charge in [0.2, 0.25) is 0 Å². The van der Waals surface area contributed by atoms with Crippen LogP contribution in [0.15, 0.2) is 52.8 Å². The standard InChI is InChI=1S/C15H13BrClN3S/c1-10(15-11(16)5-8-21-15)19-13-4-2-3-12(17)14(13)20-7-6-18-9-20/h2-10,19H,1H3. The number of imidazole rings is 1. The van der Waals surface area contributed by atoms with Crippen LogP contribution in [0, 0.1) is 0 Å². The number of nitrogens with one attached hydrogen (secondary N) is 1. The third kappa shape index (κ3) is 3.00. The van der Waals surface area contributed by atoms with Crippen molar-refractivity contribution < 1.29 is 0 Å². The summed E-state index contributed by atoms with van der Waals surface area (Å²) in [4.78, 5) is 5.35. The maximum Gasteiger partial charge on any atom is 0.0992 e. The average molecular weight is 383 g/mol. The summed E-state index contributed by atoms with van der Waals surface area (Å²) >= 11 is 11.7. The number of anilines is 1. The van der Waals surface area contributed by atoms with Crippen molar-refractivity contribution >= 4 is 44.6 Å². The smallest absolute Gasteiger partial charge is 0.0992 e. The number of hydrogen-bond acceptors (Lipinski definition) is 3. The molecule has 1 N–H and O–H groups in total. The van der Waals surface area contributed by atoms with Crippen molar-refractivity contribution in [3.8, 4) is 5.69 Å². The maximum atomic E-state index is 6.37. The topological polar surface area (TPSA) is 29.9 Å². The van der Waals surface area contributed by atoms with Crippen LogP contribution in [0.3, 0.4) is 0 Å². The first-order chi connectivity index (χ1) is 10.2. The molecule has 108 valence electrons. The molecule has 0 amide bonds. The van der Waals surface area contributed by atoms with Gasteiger partial charge in [-0.15, -0.1) is 11.3 Å². The molecule has 21 heavy (non-hydrogen) atoms. The largest absolute Gasteiger partial charge is 0.376 e. The zero-order valence-electron chi connectivity index (χ0n) is 11.3. The minimum Gasteiger partial charge on any atom is -0.376 e. The van der Waals surface area contributed by atoms with Gasteiger partial charge in [0.15, 0.2) is 0 Å². The van der Waals surface area contributed by atoms with Crippen molar-refractivity contribution in [2.45, 2.75) is 13.0 Å². The highest BCUT2D eigenvalue weighted by atomic mass is 79.9. The van der Waals surface area contributed by atoms with E-state index in [4.69, 9.17) is 11.6 Å². The molecular formula is C15H13BrClN3S. The number of thiophene rings is 1. The summed E-state index contributed by atoms with van der Waals surface area (Å²) in [5, 5.41) is 6.30. The van der Waals surface area contributed by atoms with Gasteiger partial charge in [-0.25, -0.2) is 4.98 Å². The van der Waals surface area contributed by atoms with E-state index in [1.54, 1.807) is 23.9 Å². The van der Waals surface area contributed by atoms with Crippen LogP contribution < -0.4 is 5.32 Å². The molecule has 3 aromatic rings. The molecule has 0 bridgehead atoms. The van der Waals surface area contributed by atoms with E-state index in [-0.39, 0.29) is 6.04 Å². The third-order valence-corrected chi connectivity index (χ3v) is 5.52. The summed E-state index contributed by atoms with van der Waals surface area (Å²) in [6.45, 7) is 2.13. The molecule has 1 atom stereocenters. The minimum absolute atomic E-state index is 0.181. The molecule has 1 unspecified atom stereocenters. The highest BCUT2D eigenvalue weighted by molar-refractivity contribution is 9.10. The molecule has 0 fully saturated rings. The molecule has 0 radical (unpaired) electrons. The Kier molecular flexibility index (Phi) is 4.33. The summed E-state index contributed by atoms with van der Waals surface area (Å²) < 4.78 is 3.04. The summed E-state index contributed by atoms with van der Waals surface area (Å²) in [6.07, 6.45) is 5.38. The Bertz CT molecular complexity index is 739. The lowest BCUT2D eigenvalue weighted by molar-refractivity contribution is 0.896. The Labute approximate surface area is 140 Å². The predicted octanol–water partition coefficient (Wildman–Crippen LogP) is 5.52. The summed E-state index contributed by atoms with van der Waals surface area (Å²) in [5.41, 5.74) is 1.89. The van der Waals surface area contributed by atoms with E-state index < -0.39 is 0 Å². The van der Waals surface area contributed by atoms with Crippen LogP contribution in [-0.4, -0.2) is 9.55 Å². The number of hydrogen-bond donors (Lipinski definition) is 1. The molecule has 2 aromatic heterocycles. The lowest BCUT2D eigenvalue weighted by Crippen LogP contribution is -2.08. The van der Waals surface area contributed by atoms with Gasteiger partial charge >= 0.3 is 0 Å². The van der Waals surface area contributed by atoms with Crippen molar-refractivity contribution in [1.82, 2.24) is 9.55 Å². The lowest BCUT2D eigenvalue weighted by Gasteiger charge is -2.19. The quantitative estimate of drug-likeness (QED) is 0.643. The fraction of sp³-hybridized carbons (Fsp3) is 0.133. The third-order valence-electron chi connectivity index (χ3n) is 3.16. The first-order valence-corrected chi connectivity index (χ1v) is 8.48. The van der Waals surface area contributed by atoms with E-state index in [2.05, 4.69) is 44.6 Å². The first kappa shape index (κ1) is 14.6. The SMILES string of the molecule is CC(Nc1cccc(Cl)c1-n1ccnc1)c1sccc1Br. The fourth-order valence-electron chi connectivity index (χ4n) is 2.20. The molecule has 3 nitrogen and oxygen atoms in total. The number of para-hydroxylation sites is 1. The van der Waals surface area contributed by atoms with Crippen molar-refractivity contribution in [3.63, 3.8) is 0 Å². The van der Waals surface area contributed by atoms with Gasteiger partial charge in [0.05, 0.1) is 28.8 Å². The van der Waals surface area contributed by atoms with Gasteiger partial charge in [-0.2, -0.15) is 0 Å². The predicted molar refractivity (Wildman–Crippen MR) is 92.6 cm³/mol. The van der Waals surface area contributed by atoms with Crippen LogP contribution in [0.25, 0.3) is 5.69 Å². The summed E-state index contributed by atoms with van der Waals surface area (Å²) in [5.74, 6) is 0. The van der Waals surface area contributed by atoms with Crippen LogP contribution in [0.5, 0.6) is 0 Å². The van der Waals surface area contributed by atoms with E-state index in [1.807, 2.05) is 29.0 Å². The molecule has 0 saturated heterocycles. The van der Waals surface area contributed by atoms with Crippen LogP contribution in [-0.2, 0) is 0 Å². The van der Waals surface area contributed by atoms with E-state index in [1.165, 1.54) is 4.88 Å². The molecule has 6 heteroatoms. The van der Waals surface area contributed by atoms with Gasteiger partial charge < -0.3 is 9.88 Å². The van der Waals surface area contributed by atoms with Gasteiger partial charge in [-0.3, -0.25) is 0 Å². The van der Waals surface area contributed by atoms with Gasteiger partial charge in [-0.1, -0.05) is 17.7 Å². The molecule has 1 aromatic carbocycles. The Hall–Kier alpha value is -1.30. The second kappa shape index (κ2) is 6.22. The van der Waals surface area contributed by atoms with Crippen molar-refractivity contribution in [2.24, 2.45) is 0 Å². The van der Waals surface area contributed by atoms with Crippen LogP contribution in [0.4, 0.5) is 5.69 Å². The van der Waals surface area contributed by atoms with Gasteiger partial charge in [-0.05, 0) is 46.4 Å². The normalized spacial score (nSPS) is 12.3. The highest BCUT2D eigenvalue weighted by Crippen LogP contribution is 2.34. The van der Waals surface area contributed by atoms with E-state index in [9.17, 15) is 0 Å². The summed E-state index contributed by atoms with van der Waals surface area (Å²) in [6, 6.07) is 8.10. The first-order valence-electron chi connectivity index (χ1n) is 6.43. The zero-order valence-corrected chi connectivity index (χ0v) is 14.4. The molecular weight excluding hydrogens is 370 g/mol. The Morgan fingerprint density at radius 2 is 2.24 bits per heavy atom. The van der Waals surface area contributed by atoms with Crippen molar-refractivity contribution in [1.29, 1.82) is 0 Å². The van der Waals surface area contributed by atoms with E-state index >= 15 is 0 Å². The van der Waals surface area contributed by atoms with Gasteiger partial charge in [0, 0.05) is 21.7 Å². The van der Waals surface area contributed by atoms with E-state index in [0.29, 0.717) is 5.02 Å². The number of aromatic nitrogens is 2. The number of halogens is 2. The lowest BCUT2D eigenvalue weighted by atomic mass is 10.2. The number of nitrogens with zero attached hydrogens (tertiary/aromatic N) is 2. The monoisotopic (exact) mass is 381 g/mol. The summed E-state index contributed by atoms with van der Waals surface area (Å²) in [7, 11) is 0. The van der Waals surface area contributed by atoms with Crippen molar-refractivity contribution in [3.05, 3.63) is 62.7 Å². The molecule has 2 heterocycles.